The third kappa shape index (κ3) is 4.82. The lowest BCUT2D eigenvalue weighted by molar-refractivity contribution is -0.136. The number of hydrogen-bond acceptors (Lipinski definition) is 6. The van der Waals surface area contributed by atoms with Crippen LogP contribution in [-0.2, 0) is 4.79 Å². The summed E-state index contributed by atoms with van der Waals surface area (Å²) < 4.78 is 13.4. The first-order valence-corrected chi connectivity index (χ1v) is 12.5. The van der Waals surface area contributed by atoms with Crippen LogP contribution in [0.15, 0.2) is 47.8 Å². The van der Waals surface area contributed by atoms with Gasteiger partial charge in [0.2, 0.25) is 5.91 Å². The molecular weight excluding hydrogens is 461 g/mol. The summed E-state index contributed by atoms with van der Waals surface area (Å²) in [5.41, 5.74) is 1.79. The summed E-state index contributed by atoms with van der Waals surface area (Å²) in [5.74, 6) is 0.745. The van der Waals surface area contributed by atoms with Crippen LogP contribution in [0.4, 0.5) is 15.9 Å². The van der Waals surface area contributed by atoms with Gasteiger partial charge in [0.05, 0.1) is 9.90 Å². The van der Waals surface area contributed by atoms with E-state index < -0.39 is 5.82 Å². The lowest BCUT2D eigenvalue weighted by Crippen LogP contribution is -2.51. The SMILES string of the molecule is O=C(C1CCN(c2ccc(-c3cccs3)nn2)CC1)N1CCN(c2ccc(F)c(Cl)c2)CC1. The molecule has 2 aliphatic rings. The van der Waals surface area contributed by atoms with Crippen molar-refractivity contribution in [1.82, 2.24) is 15.1 Å². The third-order valence-corrected chi connectivity index (χ3v) is 7.63. The van der Waals surface area contributed by atoms with Crippen molar-refractivity contribution >= 4 is 40.4 Å². The molecule has 33 heavy (non-hydrogen) atoms. The van der Waals surface area contributed by atoms with E-state index in [2.05, 4.69) is 20.0 Å². The monoisotopic (exact) mass is 485 g/mol. The molecule has 2 aromatic heterocycles. The summed E-state index contributed by atoms with van der Waals surface area (Å²) in [4.78, 5) is 20.6. The molecule has 5 rings (SSSR count). The zero-order valence-electron chi connectivity index (χ0n) is 18.2. The van der Waals surface area contributed by atoms with Gasteiger partial charge >= 0.3 is 0 Å². The van der Waals surface area contributed by atoms with Gasteiger partial charge in [0.1, 0.15) is 11.5 Å². The first kappa shape index (κ1) is 22.1. The van der Waals surface area contributed by atoms with E-state index in [0.717, 1.165) is 61.1 Å². The summed E-state index contributed by atoms with van der Waals surface area (Å²) in [6.45, 7) is 4.39. The number of carbonyl (C=O) groups excluding carboxylic acids is 1. The van der Waals surface area contributed by atoms with Crippen molar-refractivity contribution in [2.45, 2.75) is 12.8 Å². The molecule has 1 amide bonds. The predicted octanol–water partition coefficient (Wildman–Crippen LogP) is 4.56. The molecule has 0 atom stereocenters. The maximum Gasteiger partial charge on any atom is 0.225 e. The Bertz CT molecular complexity index is 1090. The number of halogens is 2. The Hall–Kier alpha value is -2.71. The first-order chi connectivity index (χ1) is 16.1. The van der Waals surface area contributed by atoms with E-state index in [1.54, 1.807) is 23.5 Å². The molecule has 2 fully saturated rings. The molecule has 0 unspecified atom stereocenters. The standard InChI is InChI=1S/C24H25ClFN5OS/c25-19-16-18(3-4-20(19)26)29-11-13-31(14-12-29)24(32)17-7-9-30(10-8-17)23-6-5-21(27-28-23)22-2-1-15-33-22/h1-6,15-17H,7-14H2. The van der Waals surface area contributed by atoms with Gasteiger partial charge in [-0.3, -0.25) is 4.79 Å². The fourth-order valence-electron chi connectivity index (χ4n) is 4.53. The van der Waals surface area contributed by atoms with Gasteiger partial charge in [-0.05, 0) is 54.6 Å². The number of amides is 1. The molecule has 0 spiro atoms. The Morgan fingerprint density at radius 3 is 2.39 bits per heavy atom. The second-order valence-corrected chi connectivity index (χ2v) is 9.78. The largest absolute Gasteiger partial charge is 0.368 e. The van der Waals surface area contributed by atoms with Crippen LogP contribution in [0.2, 0.25) is 5.02 Å². The topological polar surface area (TPSA) is 52.6 Å². The van der Waals surface area contributed by atoms with Crippen molar-refractivity contribution in [2.24, 2.45) is 5.92 Å². The molecule has 3 aromatic rings. The zero-order chi connectivity index (χ0) is 22.8. The second-order valence-electron chi connectivity index (χ2n) is 8.43. The van der Waals surface area contributed by atoms with Crippen LogP contribution in [0.1, 0.15) is 12.8 Å². The second kappa shape index (κ2) is 9.65. The highest BCUT2D eigenvalue weighted by Gasteiger charge is 2.31. The fourth-order valence-corrected chi connectivity index (χ4v) is 5.40. The van der Waals surface area contributed by atoms with Crippen LogP contribution < -0.4 is 9.80 Å². The molecule has 9 heteroatoms. The third-order valence-electron chi connectivity index (χ3n) is 6.45. The minimum absolute atomic E-state index is 0.0476. The van der Waals surface area contributed by atoms with Crippen LogP contribution in [0.25, 0.3) is 10.6 Å². The zero-order valence-corrected chi connectivity index (χ0v) is 19.7. The molecular formula is C24H25ClFN5OS. The van der Waals surface area contributed by atoms with Crippen molar-refractivity contribution in [3.63, 3.8) is 0 Å². The first-order valence-electron chi connectivity index (χ1n) is 11.2. The van der Waals surface area contributed by atoms with Crippen LogP contribution in [0.5, 0.6) is 0 Å². The Morgan fingerprint density at radius 1 is 0.970 bits per heavy atom. The number of benzene rings is 1. The van der Waals surface area contributed by atoms with Gasteiger partial charge in [0.25, 0.3) is 0 Å². The summed E-state index contributed by atoms with van der Waals surface area (Å²) >= 11 is 7.57. The molecule has 6 nitrogen and oxygen atoms in total. The number of carbonyl (C=O) groups is 1. The van der Waals surface area contributed by atoms with Crippen LogP contribution in [-0.4, -0.2) is 60.3 Å². The van der Waals surface area contributed by atoms with Crippen molar-refractivity contribution < 1.29 is 9.18 Å². The van der Waals surface area contributed by atoms with Gasteiger partial charge in [-0.15, -0.1) is 21.5 Å². The molecule has 0 bridgehead atoms. The van der Waals surface area contributed by atoms with Crippen molar-refractivity contribution in [1.29, 1.82) is 0 Å². The van der Waals surface area contributed by atoms with Crippen molar-refractivity contribution in [3.05, 3.63) is 58.7 Å². The molecule has 0 radical (unpaired) electrons. The Kier molecular flexibility index (Phi) is 6.46. The molecule has 0 saturated carbocycles. The van der Waals surface area contributed by atoms with E-state index in [4.69, 9.17) is 11.6 Å². The van der Waals surface area contributed by atoms with Crippen molar-refractivity contribution in [3.8, 4) is 10.6 Å². The molecule has 1 aromatic carbocycles. The highest BCUT2D eigenvalue weighted by atomic mass is 35.5. The summed E-state index contributed by atoms with van der Waals surface area (Å²) in [6.07, 6.45) is 1.64. The minimum Gasteiger partial charge on any atom is -0.368 e. The molecule has 172 valence electrons. The number of thiophene rings is 1. The van der Waals surface area contributed by atoms with Crippen molar-refractivity contribution in [2.75, 3.05) is 49.1 Å². The number of rotatable bonds is 4. The Labute approximate surface area is 201 Å². The van der Waals surface area contributed by atoms with E-state index in [9.17, 15) is 9.18 Å². The Morgan fingerprint density at radius 2 is 1.76 bits per heavy atom. The quantitative estimate of drug-likeness (QED) is 0.542. The van der Waals surface area contributed by atoms with Crippen LogP contribution >= 0.6 is 22.9 Å². The summed E-state index contributed by atoms with van der Waals surface area (Å²) in [5, 5.41) is 11.0. The number of aromatic nitrogens is 2. The van der Waals surface area contributed by atoms with Gasteiger partial charge < -0.3 is 14.7 Å². The lowest BCUT2D eigenvalue weighted by Gasteiger charge is -2.39. The molecule has 0 aliphatic carbocycles. The van der Waals surface area contributed by atoms with Crippen LogP contribution in [0, 0.1) is 11.7 Å². The number of piperazine rings is 1. The minimum atomic E-state index is -0.412. The van der Waals surface area contributed by atoms with Gasteiger partial charge in [0.15, 0.2) is 5.82 Å². The molecule has 2 saturated heterocycles. The number of nitrogens with zero attached hydrogens (tertiary/aromatic N) is 5. The molecule has 4 heterocycles. The van der Waals surface area contributed by atoms with Gasteiger partial charge in [-0.25, -0.2) is 4.39 Å². The van der Waals surface area contributed by atoms with Crippen LogP contribution in [0.3, 0.4) is 0 Å². The maximum absolute atomic E-state index is 13.4. The average molecular weight is 486 g/mol. The summed E-state index contributed by atoms with van der Waals surface area (Å²) in [6, 6.07) is 12.9. The van der Waals surface area contributed by atoms with Gasteiger partial charge in [0, 0.05) is 50.9 Å². The van der Waals surface area contributed by atoms with Gasteiger partial charge in [-0.2, -0.15) is 0 Å². The van der Waals surface area contributed by atoms with E-state index in [1.807, 2.05) is 34.5 Å². The number of anilines is 2. The normalized spacial score (nSPS) is 17.5. The highest BCUT2D eigenvalue weighted by Crippen LogP contribution is 2.27. The fraction of sp³-hybridized carbons (Fsp3) is 0.375. The smallest absolute Gasteiger partial charge is 0.225 e. The molecule has 0 N–H and O–H groups in total. The predicted molar refractivity (Wildman–Crippen MR) is 130 cm³/mol. The summed E-state index contributed by atoms with van der Waals surface area (Å²) in [7, 11) is 0. The van der Waals surface area contributed by atoms with E-state index in [-0.39, 0.29) is 16.8 Å². The van der Waals surface area contributed by atoms with E-state index in [0.29, 0.717) is 13.1 Å². The Balaban J connectivity index is 1.12. The molecule has 2 aliphatic heterocycles. The number of hydrogen-bond donors (Lipinski definition) is 0. The van der Waals surface area contributed by atoms with E-state index >= 15 is 0 Å². The average Bonchev–Trinajstić information content (AvgIpc) is 3.41. The van der Waals surface area contributed by atoms with Gasteiger partial charge in [-0.1, -0.05) is 17.7 Å². The maximum atomic E-state index is 13.4. The number of piperidine rings is 1. The lowest BCUT2D eigenvalue weighted by atomic mass is 9.95. The highest BCUT2D eigenvalue weighted by molar-refractivity contribution is 7.13. The van der Waals surface area contributed by atoms with E-state index in [1.165, 1.54) is 6.07 Å².